The molecule has 1 atom stereocenters. The van der Waals surface area contributed by atoms with Crippen LogP contribution in [0.25, 0.3) is 0 Å². The van der Waals surface area contributed by atoms with E-state index < -0.39 is 0 Å². The van der Waals surface area contributed by atoms with Crippen LogP contribution in [0.3, 0.4) is 0 Å². The number of hydrogen-bond donors (Lipinski definition) is 0. The summed E-state index contributed by atoms with van der Waals surface area (Å²) in [6.45, 7) is 17.4. The molecule has 0 aliphatic rings. The molecule has 0 saturated heterocycles. The van der Waals surface area contributed by atoms with E-state index in [4.69, 9.17) is 0 Å². The molecular formula is C13H32. The van der Waals surface area contributed by atoms with E-state index in [0.717, 1.165) is 11.8 Å². The molecule has 0 aromatic rings. The third kappa shape index (κ3) is 33.3. The zero-order valence-corrected chi connectivity index (χ0v) is 11.3. The number of rotatable bonds is 3. The summed E-state index contributed by atoms with van der Waals surface area (Å²) in [6, 6.07) is 0. The van der Waals surface area contributed by atoms with Gasteiger partial charge in [-0.2, -0.15) is 0 Å². The van der Waals surface area contributed by atoms with Gasteiger partial charge in [-0.05, 0) is 18.3 Å². The van der Waals surface area contributed by atoms with Gasteiger partial charge in [0.2, 0.25) is 0 Å². The van der Waals surface area contributed by atoms with Crippen LogP contribution in [0.2, 0.25) is 0 Å². The van der Waals surface area contributed by atoms with E-state index in [2.05, 4.69) is 41.5 Å². The summed E-state index contributed by atoms with van der Waals surface area (Å²) < 4.78 is 0. The van der Waals surface area contributed by atoms with Crippen molar-refractivity contribution in [2.45, 2.75) is 74.7 Å². The van der Waals surface area contributed by atoms with Crippen LogP contribution in [-0.2, 0) is 0 Å². The predicted octanol–water partition coefficient (Wildman–Crippen LogP) is 5.52. The molecule has 0 rings (SSSR count). The molecule has 13 heavy (non-hydrogen) atoms. The van der Waals surface area contributed by atoms with Gasteiger partial charge in [0.05, 0.1) is 0 Å². The molecule has 84 valence electrons. The van der Waals surface area contributed by atoms with Crippen molar-refractivity contribution in [3.05, 3.63) is 0 Å². The van der Waals surface area contributed by atoms with Crippen LogP contribution in [0, 0.1) is 11.8 Å². The molecule has 0 heteroatoms. The third-order valence-electron chi connectivity index (χ3n) is 1.57. The highest BCUT2D eigenvalue weighted by Crippen LogP contribution is 2.12. The Kier molecular flexibility index (Phi) is 25.8. The monoisotopic (exact) mass is 188 g/mol. The van der Waals surface area contributed by atoms with Crippen molar-refractivity contribution in [2.75, 3.05) is 0 Å². The second kappa shape index (κ2) is 17.9. The van der Waals surface area contributed by atoms with Crippen LogP contribution in [-0.4, -0.2) is 0 Å². The lowest BCUT2D eigenvalue weighted by Crippen LogP contribution is -1.97. The Hall–Kier alpha value is 0. The normalized spacial score (nSPS) is 10.8. The molecule has 0 nitrogen and oxygen atoms in total. The highest BCUT2D eigenvalue weighted by molar-refractivity contribution is 4.52. The fraction of sp³-hybridized carbons (Fsp3) is 1.00. The SMILES string of the molecule is CC.CCC.CCC(C)CC(C)C. The van der Waals surface area contributed by atoms with E-state index in [1.54, 1.807) is 0 Å². The van der Waals surface area contributed by atoms with Crippen molar-refractivity contribution in [1.29, 1.82) is 0 Å². The average Bonchev–Trinajstić information content (AvgIpc) is 2.08. The van der Waals surface area contributed by atoms with E-state index in [-0.39, 0.29) is 0 Å². The minimum Gasteiger partial charge on any atom is -0.0683 e. The van der Waals surface area contributed by atoms with Crippen molar-refractivity contribution in [3.63, 3.8) is 0 Å². The highest BCUT2D eigenvalue weighted by atomic mass is 14.1. The molecule has 0 radical (unpaired) electrons. The molecule has 0 spiro atoms. The van der Waals surface area contributed by atoms with Crippen molar-refractivity contribution < 1.29 is 0 Å². The summed E-state index contributed by atoms with van der Waals surface area (Å²) in [7, 11) is 0. The van der Waals surface area contributed by atoms with Crippen LogP contribution in [0.1, 0.15) is 74.7 Å². The van der Waals surface area contributed by atoms with Crippen molar-refractivity contribution in [3.8, 4) is 0 Å². The summed E-state index contributed by atoms with van der Waals surface area (Å²) in [5.41, 5.74) is 0. The van der Waals surface area contributed by atoms with Gasteiger partial charge in [-0.15, -0.1) is 0 Å². The Morgan fingerprint density at radius 2 is 1.15 bits per heavy atom. The van der Waals surface area contributed by atoms with Gasteiger partial charge in [0.25, 0.3) is 0 Å². The predicted molar refractivity (Wildman–Crippen MR) is 66.2 cm³/mol. The standard InChI is InChI=1S/C8H18.C3H8.C2H6/c1-5-8(4)6-7(2)3;1-3-2;1-2/h7-8H,5-6H2,1-4H3;3H2,1-2H3;1-2H3. The average molecular weight is 188 g/mol. The largest absolute Gasteiger partial charge is 0.0683 e. The smallest absolute Gasteiger partial charge is 0.0443 e. The minimum absolute atomic E-state index is 0.880. The molecule has 0 aliphatic carbocycles. The fourth-order valence-corrected chi connectivity index (χ4v) is 0.971. The lowest BCUT2D eigenvalue weighted by Gasteiger charge is -2.09. The first-order chi connectivity index (χ1) is 6.08. The highest BCUT2D eigenvalue weighted by Gasteiger charge is 2.00. The van der Waals surface area contributed by atoms with Crippen LogP contribution in [0.5, 0.6) is 0 Å². The molecule has 0 aliphatic heterocycles. The Balaban J connectivity index is -0.000000169. The molecular weight excluding hydrogens is 156 g/mol. The summed E-state index contributed by atoms with van der Waals surface area (Å²) >= 11 is 0. The maximum Gasteiger partial charge on any atom is -0.0443 e. The maximum absolute atomic E-state index is 2.32. The van der Waals surface area contributed by atoms with Crippen LogP contribution >= 0.6 is 0 Å². The van der Waals surface area contributed by atoms with Gasteiger partial charge in [0, 0.05) is 0 Å². The van der Waals surface area contributed by atoms with E-state index in [1.165, 1.54) is 19.3 Å². The summed E-state index contributed by atoms with van der Waals surface area (Å²) in [5.74, 6) is 1.81. The molecule has 0 amide bonds. The van der Waals surface area contributed by atoms with Gasteiger partial charge in [0.15, 0.2) is 0 Å². The quantitative estimate of drug-likeness (QED) is 0.547. The van der Waals surface area contributed by atoms with Crippen LogP contribution in [0.4, 0.5) is 0 Å². The molecule has 0 heterocycles. The zero-order chi connectivity index (χ0) is 11.3. The first-order valence-corrected chi connectivity index (χ1v) is 6.08. The molecule has 0 N–H and O–H groups in total. The van der Waals surface area contributed by atoms with Gasteiger partial charge in [-0.3, -0.25) is 0 Å². The topological polar surface area (TPSA) is 0 Å². The van der Waals surface area contributed by atoms with E-state index in [1.807, 2.05) is 13.8 Å². The summed E-state index contributed by atoms with van der Waals surface area (Å²) in [4.78, 5) is 0. The molecule has 0 saturated carbocycles. The van der Waals surface area contributed by atoms with Gasteiger partial charge in [-0.25, -0.2) is 0 Å². The molecule has 0 fully saturated rings. The maximum atomic E-state index is 2.32. The Labute approximate surface area is 87.1 Å². The third-order valence-corrected chi connectivity index (χ3v) is 1.57. The van der Waals surface area contributed by atoms with Gasteiger partial charge >= 0.3 is 0 Å². The van der Waals surface area contributed by atoms with Crippen LogP contribution < -0.4 is 0 Å². The van der Waals surface area contributed by atoms with Gasteiger partial charge in [0.1, 0.15) is 0 Å². The lowest BCUT2D eigenvalue weighted by atomic mass is 9.97. The van der Waals surface area contributed by atoms with Crippen LogP contribution in [0.15, 0.2) is 0 Å². The molecule has 1 unspecified atom stereocenters. The van der Waals surface area contributed by atoms with Crippen molar-refractivity contribution in [1.82, 2.24) is 0 Å². The van der Waals surface area contributed by atoms with E-state index in [0.29, 0.717) is 0 Å². The first kappa shape index (κ1) is 18.7. The van der Waals surface area contributed by atoms with E-state index in [9.17, 15) is 0 Å². The second-order valence-corrected chi connectivity index (χ2v) is 3.85. The Morgan fingerprint density at radius 3 is 1.23 bits per heavy atom. The fourth-order valence-electron chi connectivity index (χ4n) is 0.971. The summed E-state index contributed by atoms with van der Waals surface area (Å²) in [5, 5.41) is 0. The van der Waals surface area contributed by atoms with E-state index >= 15 is 0 Å². The molecule has 0 bridgehead atoms. The molecule has 0 aromatic heterocycles. The second-order valence-electron chi connectivity index (χ2n) is 3.85. The number of hydrogen-bond acceptors (Lipinski definition) is 0. The van der Waals surface area contributed by atoms with Crippen molar-refractivity contribution in [2.24, 2.45) is 11.8 Å². The van der Waals surface area contributed by atoms with Crippen molar-refractivity contribution >= 4 is 0 Å². The summed E-state index contributed by atoms with van der Waals surface area (Å²) in [6.07, 6.45) is 3.97. The molecule has 0 aromatic carbocycles. The Bertz CT molecular complexity index is 55.1. The minimum atomic E-state index is 0.880. The lowest BCUT2D eigenvalue weighted by molar-refractivity contribution is 0.429. The zero-order valence-electron chi connectivity index (χ0n) is 11.3. The Morgan fingerprint density at radius 1 is 0.846 bits per heavy atom. The van der Waals surface area contributed by atoms with Gasteiger partial charge in [-0.1, -0.05) is 68.2 Å². The van der Waals surface area contributed by atoms with Gasteiger partial charge < -0.3 is 0 Å². The first-order valence-electron chi connectivity index (χ1n) is 6.08.